The van der Waals surface area contributed by atoms with Crippen LogP contribution < -0.4 is 5.32 Å². The van der Waals surface area contributed by atoms with Gasteiger partial charge in [0, 0.05) is 37.6 Å². The predicted molar refractivity (Wildman–Crippen MR) is 68.3 cm³/mol. The van der Waals surface area contributed by atoms with Crippen LogP contribution in [-0.4, -0.2) is 36.1 Å². The van der Waals surface area contributed by atoms with Crippen LogP contribution in [0.3, 0.4) is 0 Å². The Morgan fingerprint density at radius 1 is 1.38 bits per heavy atom. The van der Waals surface area contributed by atoms with Crippen LogP contribution >= 0.6 is 0 Å². The van der Waals surface area contributed by atoms with E-state index in [1.165, 1.54) is 38.6 Å². The molecule has 1 saturated heterocycles. The number of terminal acetylenes is 1. The maximum Gasteiger partial charge on any atom is 0.0309 e. The summed E-state index contributed by atoms with van der Waals surface area (Å²) in [4.78, 5) is 2.58. The van der Waals surface area contributed by atoms with Crippen molar-refractivity contribution in [2.75, 3.05) is 19.6 Å². The average molecular weight is 220 g/mol. The summed E-state index contributed by atoms with van der Waals surface area (Å²) in [7, 11) is 0. The first kappa shape index (κ1) is 12.0. The zero-order valence-electron chi connectivity index (χ0n) is 10.5. The van der Waals surface area contributed by atoms with Crippen molar-refractivity contribution in [3.8, 4) is 12.3 Å². The second-order valence-corrected chi connectivity index (χ2v) is 5.50. The highest BCUT2D eigenvalue weighted by atomic mass is 15.2. The molecular weight excluding hydrogens is 196 g/mol. The molecule has 1 spiro atoms. The molecule has 0 bridgehead atoms. The first-order chi connectivity index (χ1) is 7.76. The summed E-state index contributed by atoms with van der Waals surface area (Å²) in [5, 5.41) is 3.77. The SMILES string of the molecule is C#CCC(C)N1CCNC2(CCCCC2)C1. The molecule has 2 heteroatoms. The summed E-state index contributed by atoms with van der Waals surface area (Å²) < 4.78 is 0. The third kappa shape index (κ3) is 2.59. The molecule has 16 heavy (non-hydrogen) atoms. The summed E-state index contributed by atoms with van der Waals surface area (Å²) in [5.41, 5.74) is 0.416. The molecule has 2 fully saturated rings. The first-order valence-electron chi connectivity index (χ1n) is 6.68. The van der Waals surface area contributed by atoms with Gasteiger partial charge in [0.1, 0.15) is 0 Å². The lowest BCUT2D eigenvalue weighted by Gasteiger charge is -2.47. The van der Waals surface area contributed by atoms with Gasteiger partial charge in [-0.25, -0.2) is 0 Å². The molecule has 2 aliphatic rings. The van der Waals surface area contributed by atoms with Gasteiger partial charge in [-0.3, -0.25) is 4.90 Å². The average Bonchev–Trinajstić information content (AvgIpc) is 2.30. The summed E-state index contributed by atoms with van der Waals surface area (Å²) in [6, 6.07) is 0.547. The quantitative estimate of drug-likeness (QED) is 0.716. The van der Waals surface area contributed by atoms with Gasteiger partial charge in [0.05, 0.1) is 0 Å². The minimum Gasteiger partial charge on any atom is -0.309 e. The number of nitrogens with zero attached hydrogens (tertiary/aromatic N) is 1. The Kier molecular flexibility index (Phi) is 3.89. The van der Waals surface area contributed by atoms with E-state index >= 15 is 0 Å². The van der Waals surface area contributed by atoms with Crippen LogP contribution in [0.15, 0.2) is 0 Å². The second kappa shape index (κ2) is 5.21. The molecule has 1 aliphatic carbocycles. The molecule has 0 amide bonds. The van der Waals surface area contributed by atoms with Gasteiger partial charge < -0.3 is 5.32 Å². The van der Waals surface area contributed by atoms with Gasteiger partial charge in [-0.1, -0.05) is 19.3 Å². The Morgan fingerprint density at radius 3 is 2.81 bits per heavy atom. The van der Waals surface area contributed by atoms with E-state index in [0.29, 0.717) is 11.6 Å². The van der Waals surface area contributed by atoms with Crippen LogP contribution in [0, 0.1) is 12.3 Å². The Balaban J connectivity index is 1.95. The molecule has 2 nitrogen and oxygen atoms in total. The largest absolute Gasteiger partial charge is 0.309 e. The van der Waals surface area contributed by atoms with E-state index in [2.05, 4.69) is 23.1 Å². The number of hydrogen-bond acceptors (Lipinski definition) is 2. The van der Waals surface area contributed by atoms with E-state index in [-0.39, 0.29) is 0 Å². The van der Waals surface area contributed by atoms with Crippen LogP contribution in [0.5, 0.6) is 0 Å². The van der Waals surface area contributed by atoms with Gasteiger partial charge >= 0.3 is 0 Å². The second-order valence-electron chi connectivity index (χ2n) is 5.50. The lowest BCUT2D eigenvalue weighted by atomic mass is 9.80. The van der Waals surface area contributed by atoms with Gasteiger partial charge in [-0.15, -0.1) is 12.3 Å². The number of nitrogens with one attached hydrogen (secondary N) is 1. The van der Waals surface area contributed by atoms with Crippen LogP contribution in [0.1, 0.15) is 45.4 Å². The van der Waals surface area contributed by atoms with Crippen molar-refractivity contribution in [1.29, 1.82) is 0 Å². The fraction of sp³-hybridized carbons (Fsp3) is 0.857. The van der Waals surface area contributed by atoms with E-state index in [0.717, 1.165) is 19.5 Å². The van der Waals surface area contributed by atoms with Gasteiger partial charge in [0.2, 0.25) is 0 Å². The maximum atomic E-state index is 5.41. The Morgan fingerprint density at radius 2 is 2.12 bits per heavy atom. The first-order valence-corrected chi connectivity index (χ1v) is 6.68. The predicted octanol–water partition coefficient (Wildman–Crippen LogP) is 2.01. The summed E-state index contributed by atoms with van der Waals surface area (Å²) in [6.45, 7) is 5.76. The monoisotopic (exact) mass is 220 g/mol. The molecule has 0 aromatic rings. The van der Waals surface area contributed by atoms with Gasteiger partial charge in [-0.2, -0.15) is 0 Å². The minimum atomic E-state index is 0.416. The van der Waals surface area contributed by atoms with E-state index in [9.17, 15) is 0 Å². The van der Waals surface area contributed by atoms with Crippen molar-refractivity contribution in [2.24, 2.45) is 0 Å². The van der Waals surface area contributed by atoms with Crippen molar-refractivity contribution in [1.82, 2.24) is 10.2 Å². The molecule has 1 saturated carbocycles. The molecule has 90 valence electrons. The highest BCUT2D eigenvalue weighted by molar-refractivity contribution is 4.99. The number of rotatable bonds is 2. The zero-order chi connectivity index (χ0) is 11.4. The number of piperazine rings is 1. The molecule has 1 heterocycles. The van der Waals surface area contributed by atoms with E-state index < -0.39 is 0 Å². The van der Waals surface area contributed by atoms with Gasteiger partial charge in [0.25, 0.3) is 0 Å². The molecule has 2 rings (SSSR count). The highest BCUT2D eigenvalue weighted by Gasteiger charge is 2.36. The van der Waals surface area contributed by atoms with E-state index in [4.69, 9.17) is 6.42 Å². The van der Waals surface area contributed by atoms with Crippen molar-refractivity contribution in [2.45, 2.75) is 57.0 Å². The Hall–Kier alpha value is -0.520. The van der Waals surface area contributed by atoms with Crippen LogP contribution in [0.4, 0.5) is 0 Å². The molecule has 1 aliphatic heterocycles. The molecule has 1 unspecified atom stereocenters. The summed E-state index contributed by atoms with van der Waals surface area (Å²) in [6.07, 6.45) is 13.2. The van der Waals surface area contributed by atoms with Crippen LogP contribution in [0.2, 0.25) is 0 Å². The topological polar surface area (TPSA) is 15.3 Å². The lowest BCUT2D eigenvalue weighted by Crippen LogP contribution is -2.62. The lowest BCUT2D eigenvalue weighted by molar-refractivity contribution is 0.0746. The molecule has 0 radical (unpaired) electrons. The molecule has 0 aromatic heterocycles. The fourth-order valence-corrected chi connectivity index (χ4v) is 3.23. The normalized spacial score (nSPS) is 27.5. The molecular formula is C14H24N2. The van der Waals surface area contributed by atoms with Crippen molar-refractivity contribution >= 4 is 0 Å². The van der Waals surface area contributed by atoms with Crippen LogP contribution in [0.25, 0.3) is 0 Å². The number of hydrogen-bond donors (Lipinski definition) is 1. The van der Waals surface area contributed by atoms with Crippen LogP contribution in [-0.2, 0) is 0 Å². The van der Waals surface area contributed by atoms with Crippen molar-refractivity contribution in [3.63, 3.8) is 0 Å². The van der Waals surface area contributed by atoms with E-state index in [1.807, 2.05) is 0 Å². The molecule has 1 N–H and O–H groups in total. The summed E-state index contributed by atoms with van der Waals surface area (Å²) >= 11 is 0. The standard InChI is InChI=1S/C14H24N2/c1-3-7-13(2)16-11-10-15-14(12-16)8-5-4-6-9-14/h1,13,15H,4-12H2,2H3. The van der Waals surface area contributed by atoms with Crippen molar-refractivity contribution < 1.29 is 0 Å². The van der Waals surface area contributed by atoms with E-state index in [1.54, 1.807) is 0 Å². The third-order valence-corrected chi connectivity index (χ3v) is 4.25. The third-order valence-electron chi connectivity index (χ3n) is 4.25. The maximum absolute atomic E-state index is 5.41. The smallest absolute Gasteiger partial charge is 0.0309 e. The van der Waals surface area contributed by atoms with Gasteiger partial charge in [0.15, 0.2) is 0 Å². The summed E-state index contributed by atoms with van der Waals surface area (Å²) in [5.74, 6) is 2.79. The zero-order valence-corrected chi connectivity index (χ0v) is 10.5. The van der Waals surface area contributed by atoms with Crippen molar-refractivity contribution in [3.05, 3.63) is 0 Å². The fourth-order valence-electron chi connectivity index (χ4n) is 3.23. The van der Waals surface area contributed by atoms with Gasteiger partial charge in [-0.05, 0) is 19.8 Å². The Bertz CT molecular complexity index is 255. The highest BCUT2D eigenvalue weighted by Crippen LogP contribution is 2.31. The molecule has 1 atom stereocenters. The Labute approximate surface area is 99.8 Å². The minimum absolute atomic E-state index is 0.416. The molecule has 0 aromatic carbocycles.